The zero-order chi connectivity index (χ0) is 18.6. The summed E-state index contributed by atoms with van der Waals surface area (Å²) in [5, 5.41) is 0. The summed E-state index contributed by atoms with van der Waals surface area (Å²) in [6.07, 6.45) is 10.7. The number of hydrogen-bond acceptors (Lipinski definition) is 2. The quantitative estimate of drug-likeness (QED) is 0.224. The maximum absolute atomic E-state index is 11.7. The molecule has 0 aliphatic carbocycles. The van der Waals surface area contributed by atoms with E-state index in [1.165, 1.54) is 51.8 Å². The Kier molecular flexibility index (Phi) is 12.4. The van der Waals surface area contributed by atoms with Crippen LogP contribution in [0, 0.1) is 0 Å². The van der Waals surface area contributed by atoms with Gasteiger partial charge in [-0.1, -0.05) is 0 Å². The van der Waals surface area contributed by atoms with E-state index >= 15 is 0 Å². The zero-order valence-electron chi connectivity index (χ0n) is 17.5. The molecule has 0 N–H and O–H groups in total. The van der Waals surface area contributed by atoms with Crippen molar-refractivity contribution in [3.8, 4) is 0 Å². The standard InChI is InChI=1S/C9H15O2.3C4H9.Sn/c1-5-7-9(3,4)11-8(10)6-2;3*1-3-4-2;/h7H,6H2,1-4H3;3*1,3-4H2,2H3;. The Morgan fingerprint density at radius 2 is 1.33 bits per heavy atom. The van der Waals surface area contributed by atoms with Gasteiger partial charge in [-0.3, -0.25) is 0 Å². The second-order valence-corrected chi connectivity index (χ2v) is 21.7. The Morgan fingerprint density at radius 1 is 0.917 bits per heavy atom. The predicted octanol–water partition coefficient (Wildman–Crippen LogP) is 7.05. The molecule has 3 heteroatoms. The topological polar surface area (TPSA) is 26.3 Å². The van der Waals surface area contributed by atoms with Crippen molar-refractivity contribution in [1.29, 1.82) is 0 Å². The summed E-state index contributed by atoms with van der Waals surface area (Å²) < 4.78 is 11.7. The van der Waals surface area contributed by atoms with Crippen LogP contribution in [0.2, 0.25) is 13.3 Å². The molecule has 0 heterocycles. The Hall–Kier alpha value is 0.00870. The van der Waals surface area contributed by atoms with E-state index in [9.17, 15) is 4.79 Å². The SMILES string of the molecule is CCC[CH2][Sn]([CH2]CCC)([CH2]CCC)/[C](C)=C/C(C)(C)OC(=O)CC. The van der Waals surface area contributed by atoms with E-state index in [1.54, 1.807) is 3.59 Å². The molecule has 142 valence electrons. The van der Waals surface area contributed by atoms with Gasteiger partial charge in [0.25, 0.3) is 0 Å². The number of allylic oxidation sites excluding steroid dienone is 1. The molecule has 0 rings (SSSR count). The fraction of sp³-hybridized carbons (Fsp3) is 0.857. The molecule has 0 aliphatic rings. The number of hydrogen-bond donors (Lipinski definition) is 0. The molecule has 0 fully saturated rings. The molecule has 0 aliphatic heterocycles. The Labute approximate surface area is 155 Å². The van der Waals surface area contributed by atoms with Crippen LogP contribution in [-0.2, 0) is 9.53 Å². The molecule has 0 spiro atoms. The molecule has 2 nitrogen and oxygen atoms in total. The van der Waals surface area contributed by atoms with Crippen molar-refractivity contribution in [3.63, 3.8) is 0 Å². The summed E-state index contributed by atoms with van der Waals surface area (Å²) in [6, 6.07) is 0. The fourth-order valence-electron chi connectivity index (χ4n) is 3.58. The number of unbranched alkanes of at least 4 members (excludes halogenated alkanes) is 3. The van der Waals surface area contributed by atoms with Crippen LogP contribution in [0.3, 0.4) is 0 Å². The third-order valence-electron chi connectivity index (χ3n) is 5.09. The molecular formula is C21H42O2Sn. The second-order valence-electron chi connectivity index (χ2n) is 7.85. The summed E-state index contributed by atoms with van der Waals surface area (Å²) in [5.41, 5.74) is -0.468. The first-order valence-corrected chi connectivity index (χ1v) is 17.7. The number of esters is 1. The van der Waals surface area contributed by atoms with E-state index in [1.807, 2.05) is 20.8 Å². The average Bonchev–Trinajstić information content (AvgIpc) is 2.53. The average molecular weight is 445 g/mol. The van der Waals surface area contributed by atoms with Gasteiger partial charge in [-0.05, 0) is 0 Å². The Bertz CT molecular complexity index is 364. The van der Waals surface area contributed by atoms with Gasteiger partial charge in [-0.2, -0.15) is 0 Å². The molecule has 0 aromatic heterocycles. The van der Waals surface area contributed by atoms with E-state index in [0.29, 0.717) is 6.42 Å². The number of carbonyl (C=O) groups excluding carboxylic acids is 1. The second kappa shape index (κ2) is 12.4. The third-order valence-corrected chi connectivity index (χ3v) is 21.5. The van der Waals surface area contributed by atoms with Crippen LogP contribution in [-0.4, -0.2) is 29.9 Å². The van der Waals surface area contributed by atoms with Gasteiger partial charge in [-0.25, -0.2) is 0 Å². The fourth-order valence-corrected chi connectivity index (χ4v) is 19.8. The zero-order valence-corrected chi connectivity index (χ0v) is 20.3. The first kappa shape index (κ1) is 24.0. The number of ether oxygens (including phenoxy) is 1. The van der Waals surface area contributed by atoms with Crippen LogP contribution in [0.5, 0.6) is 0 Å². The Morgan fingerprint density at radius 3 is 1.67 bits per heavy atom. The van der Waals surface area contributed by atoms with E-state index in [0.717, 1.165) is 0 Å². The molecule has 0 aromatic carbocycles. The summed E-state index contributed by atoms with van der Waals surface area (Å²) >= 11 is -2.35. The number of carbonyl (C=O) groups is 1. The van der Waals surface area contributed by atoms with E-state index < -0.39 is 24.0 Å². The molecule has 24 heavy (non-hydrogen) atoms. The van der Waals surface area contributed by atoms with Crippen LogP contribution in [0.1, 0.15) is 93.4 Å². The van der Waals surface area contributed by atoms with Gasteiger partial charge in [0.1, 0.15) is 0 Å². The summed E-state index contributed by atoms with van der Waals surface area (Å²) in [4.78, 5) is 11.7. The monoisotopic (exact) mass is 446 g/mol. The van der Waals surface area contributed by atoms with Crippen LogP contribution >= 0.6 is 0 Å². The van der Waals surface area contributed by atoms with Crippen LogP contribution in [0.15, 0.2) is 9.67 Å². The molecule has 0 saturated carbocycles. The van der Waals surface area contributed by atoms with Gasteiger partial charge in [0.05, 0.1) is 0 Å². The molecule has 0 unspecified atom stereocenters. The van der Waals surface area contributed by atoms with E-state index in [4.69, 9.17) is 4.74 Å². The van der Waals surface area contributed by atoms with E-state index in [2.05, 4.69) is 33.8 Å². The van der Waals surface area contributed by atoms with Gasteiger partial charge in [0.15, 0.2) is 0 Å². The predicted molar refractivity (Wildman–Crippen MR) is 109 cm³/mol. The van der Waals surface area contributed by atoms with Gasteiger partial charge in [0, 0.05) is 0 Å². The van der Waals surface area contributed by atoms with Crippen molar-refractivity contribution in [1.82, 2.24) is 0 Å². The van der Waals surface area contributed by atoms with Gasteiger partial charge in [-0.15, -0.1) is 0 Å². The van der Waals surface area contributed by atoms with Crippen LogP contribution in [0.25, 0.3) is 0 Å². The molecule has 0 bridgehead atoms. The first-order valence-electron chi connectivity index (χ1n) is 10.2. The minimum atomic E-state index is -2.35. The molecule has 0 radical (unpaired) electrons. The van der Waals surface area contributed by atoms with Crippen LogP contribution < -0.4 is 0 Å². The Balaban J connectivity index is 5.52. The summed E-state index contributed by atoms with van der Waals surface area (Å²) in [7, 11) is 0. The first-order chi connectivity index (χ1) is 11.3. The normalized spacial score (nSPS) is 13.2. The minimum absolute atomic E-state index is 0.0967. The molecule has 0 amide bonds. The summed E-state index contributed by atoms with van der Waals surface area (Å²) in [5.74, 6) is -0.0967. The van der Waals surface area contributed by atoms with Crippen LogP contribution in [0.4, 0.5) is 0 Å². The molecule has 0 aromatic rings. The van der Waals surface area contributed by atoms with Crippen molar-refractivity contribution in [2.45, 2.75) is 112 Å². The maximum atomic E-state index is 11.7. The third kappa shape index (κ3) is 8.92. The van der Waals surface area contributed by atoms with Crippen molar-refractivity contribution in [2.24, 2.45) is 0 Å². The van der Waals surface area contributed by atoms with E-state index in [-0.39, 0.29) is 5.97 Å². The molecular weight excluding hydrogens is 403 g/mol. The van der Waals surface area contributed by atoms with Crippen molar-refractivity contribution in [3.05, 3.63) is 9.67 Å². The van der Waals surface area contributed by atoms with Crippen molar-refractivity contribution >= 4 is 24.3 Å². The molecule has 0 atom stereocenters. The van der Waals surface area contributed by atoms with Crippen molar-refractivity contribution in [2.75, 3.05) is 0 Å². The number of rotatable bonds is 13. The van der Waals surface area contributed by atoms with Gasteiger partial charge in [0.2, 0.25) is 0 Å². The summed E-state index contributed by atoms with van der Waals surface area (Å²) in [6.45, 7) is 15.2. The van der Waals surface area contributed by atoms with Gasteiger partial charge >= 0.3 is 156 Å². The van der Waals surface area contributed by atoms with Crippen molar-refractivity contribution < 1.29 is 9.53 Å². The molecule has 0 saturated heterocycles. The van der Waals surface area contributed by atoms with Gasteiger partial charge < -0.3 is 0 Å².